The minimum Gasteiger partial charge on any atom is -0.493 e. The third kappa shape index (κ3) is 4.11. The van der Waals surface area contributed by atoms with Crippen LogP contribution in [0.2, 0.25) is 0 Å². The van der Waals surface area contributed by atoms with E-state index in [4.69, 9.17) is 9.84 Å². The Morgan fingerprint density at radius 2 is 2.06 bits per heavy atom. The standard InChI is InChI=1S/C24H26N4O3/c1-3-31-22-12-17(8-10-19(22)24(29)30)20-13-21(16-6-4-5-7-16)28(27-20)23-11-9-18(14-25)15(2)26-23/h8-12,16,21H,3-7,13H2,1-2H3,(H,29,30). The fraction of sp³-hybridized carbons (Fsp3) is 0.417. The third-order valence-electron chi connectivity index (χ3n) is 6.16. The summed E-state index contributed by atoms with van der Waals surface area (Å²) < 4.78 is 5.59. The van der Waals surface area contributed by atoms with Crippen LogP contribution in [0.1, 0.15) is 66.2 Å². The lowest BCUT2D eigenvalue weighted by molar-refractivity contribution is 0.0692. The molecule has 1 aromatic carbocycles. The van der Waals surface area contributed by atoms with Crippen LogP contribution in [0, 0.1) is 24.2 Å². The molecule has 0 spiro atoms. The lowest BCUT2D eigenvalue weighted by Gasteiger charge is -2.27. The van der Waals surface area contributed by atoms with Crippen molar-refractivity contribution in [3.8, 4) is 11.8 Å². The molecule has 1 aliphatic heterocycles. The van der Waals surface area contributed by atoms with E-state index in [-0.39, 0.29) is 11.6 Å². The largest absolute Gasteiger partial charge is 0.493 e. The molecule has 160 valence electrons. The maximum Gasteiger partial charge on any atom is 0.339 e. The Morgan fingerprint density at radius 1 is 1.29 bits per heavy atom. The Hall–Kier alpha value is -3.40. The van der Waals surface area contributed by atoms with E-state index in [9.17, 15) is 15.2 Å². The van der Waals surface area contributed by atoms with Crippen molar-refractivity contribution in [3.05, 3.63) is 52.7 Å². The molecule has 0 saturated heterocycles. The van der Waals surface area contributed by atoms with Crippen LogP contribution in [0.3, 0.4) is 0 Å². The molecule has 2 aliphatic rings. The highest BCUT2D eigenvalue weighted by molar-refractivity contribution is 6.04. The van der Waals surface area contributed by atoms with Crippen LogP contribution in [0.4, 0.5) is 5.82 Å². The minimum atomic E-state index is -1.01. The monoisotopic (exact) mass is 418 g/mol. The van der Waals surface area contributed by atoms with E-state index in [2.05, 4.69) is 11.1 Å². The number of hydrogen-bond acceptors (Lipinski definition) is 6. The first-order valence-electron chi connectivity index (χ1n) is 10.8. The average molecular weight is 418 g/mol. The van der Waals surface area contributed by atoms with Gasteiger partial charge in [0.15, 0.2) is 0 Å². The highest BCUT2D eigenvalue weighted by Gasteiger charge is 2.37. The van der Waals surface area contributed by atoms with Crippen molar-refractivity contribution in [2.45, 2.75) is 52.0 Å². The number of aryl methyl sites for hydroxylation is 1. The molecule has 1 aliphatic carbocycles. The van der Waals surface area contributed by atoms with Gasteiger partial charge < -0.3 is 9.84 Å². The van der Waals surface area contributed by atoms with Crippen LogP contribution in [0.25, 0.3) is 0 Å². The Balaban J connectivity index is 1.72. The van der Waals surface area contributed by atoms with Crippen molar-refractivity contribution in [3.63, 3.8) is 0 Å². The highest BCUT2D eigenvalue weighted by atomic mass is 16.5. The van der Waals surface area contributed by atoms with Gasteiger partial charge in [-0.25, -0.2) is 14.8 Å². The van der Waals surface area contributed by atoms with Crippen molar-refractivity contribution in [1.82, 2.24) is 4.98 Å². The normalized spacial score (nSPS) is 18.7. The number of hydrazone groups is 1. The first kappa shape index (κ1) is 20.9. The number of carboxylic acid groups (broad SMARTS) is 1. The summed E-state index contributed by atoms with van der Waals surface area (Å²) in [4.78, 5) is 16.2. The number of aromatic nitrogens is 1. The minimum absolute atomic E-state index is 0.151. The molecule has 1 aromatic heterocycles. The van der Waals surface area contributed by atoms with Crippen LogP contribution in [0.15, 0.2) is 35.4 Å². The predicted octanol–water partition coefficient (Wildman–Crippen LogP) is 4.53. The summed E-state index contributed by atoms with van der Waals surface area (Å²) in [5, 5.41) is 25.6. The number of pyridine rings is 1. The van der Waals surface area contributed by atoms with E-state index < -0.39 is 5.97 Å². The van der Waals surface area contributed by atoms with Gasteiger partial charge in [0, 0.05) is 12.0 Å². The Kier molecular flexibility index (Phi) is 5.90. The molecule has 0 bridgehead atoms. The Labute approximate surface area is 182 Å². The molecule has 1 atom stereocenters. The van der Waals surface area contributed by atoms with Crippen LogP contribution < -0.4 is 9.75 Å². The van der Waals surface area contributed by atoms with Crippen LogP contribution in [-0.2, 0) is 0 Å². The van der Waals surface area contributed by atoms with Gasteiger partial charge in [-0.2, -0.15) is 10.4 Å². The van der Waals surface area contributed by atoms with E-state index in [1.54, 1.807) is 24.3 Å². The zero-order valence-corrected chi connectivity index (χ0v) is 17.8. The van der Waals surface area contributed by atoms with Crippen molar-refractivity contribution in [2.75, 3.05) is 11.6 Å². The number of carbonyl (C=O) groups is 1. The Morgan fingerprint density at radius 3 is 2.71 bits per heavy atom. The van der Waals surface area contributed by atoms with Gasteiger partial charge in [0.25, 0.3) is 0 Å². The topological polar surface area (TPSA) is 98.8 Å². The van der Waals surface area contributed by atoms with Crippen molar-refractivity contribution < 1.29 is 14.6 Å². The number of benzene rings is 1. The Bertz CT molecular complexity index is 1070. The second kappa shape index (κ2) is 8.76. The molecule has 0 radical (unpaired) electrons. The van der Waals surface area contributed by atoms with E-state index in [1.165, 1.54) is 25.7 Å². The molecule has 31 heavy (non-hydrogen) atoms. The van der Waals surface area contributed by atoms with Crippen LogP contribution >= 0.6 is 0 Å². The van der Waals surface area contributed by atoms with E-state index in [1.807, 2.05) is 24.9 Å². The smallest absolute Gasteiger partial charge is 0.339 e. The summed E-state index contributed by atoms with van der Waals surface area (Å²) in [6.45, 7) is 4.07. The molecule has 1 unspecified atom stereocenters. The van der Waals surface area contributed by atoms with Crippen molar-refractivity contribution in [2.24, 2.45) is 11.0 Å². The number of anilines is 1. The van der Waals surface area contributed by atoms with Gasteiger partial charge in [0.2, 0.25) is 0 Å². The second-order valence-electron chi connectivity index (χ2n) is 8.07. The molecule has 2 heterocycles. The van der Waals surface area contributed by atoms with Gasteiger partial charge in [-0.15, -0.1) is 0 Å². The zero-order valence-electron chi connectivity index (χ0n) is 17.8. The van der Waals surface area contributed by atoms with Gasteiger partial charge in [0.1, 0.15) is 23.2 Å². The number of ether oxygens (including phenoxy) is 1. The molecule has 7 heteroatoms. The van der Waals surface area contributed by atoms with Gasteiger partial charge in [-0.3, -0.25) is 0 Å². The van der Waals surface area contributed by atoms with Gasteiger partial charge in [-0.1, -0.05) is 18.9 Å². The molecule has 4 rings (SSSR count). The molecule has 0 amide bonds. The maximum absolute atomic E-state index is 11.5. The lowest BCUT2D eigenvalue weighted by Crippen LogP contribution is -2.33. The van der Waals surface area contributed by atoms with Crippen molar-refractivity contribution >= 4 is 17.5 Å². The predicted molar refractivity (Wildman–Crippen MR) is 118 cm³/mol. The van der Waals surface area contributed by atoms with Gasteiger partial charge in [-0.05, 0) is 56.9 Å². The molecule has 2 aromatic rings. The summed E-state index contributed by atoms with van der Waals surface area (Å²) in [5.41, 5.74) is 3.18. The molecular formula is C24H26N4O3. The number of aromatic carboxylic acids is 1. The van der Waals surface area contributed by atoms with Gasteiger partial charge >= 0.3 is 5.97 Å². The maximum atomic E-state index is 11.5. The van der Waals surface area contributed by atoms with Crippen molar-refractivity contribution in [1.29, 1.82) is 5.26 Å². The summed E-state index contributed by atoms with van der Waals surface area (Å²) in [5.74, 6) is 0.628. The number of rotatable bonds is 6. The molecular weight excluding hydrogens is 392 g/mol. The summed E-state index contributed by atoms with van der Waals surface area (Å²) in [6.07, 6.45) is 5.56. The first-order valence-corrected chi connectivity index (χ1v) is 10.8. The van der Waals surface area contributed by atoms with Gasteiger partial charge in [0.05, 0.1) is 29.6 Å². The molecule has 1 N–H and O–H groups in total. The summed E-state index contributed by atoms with van der Waals surface area (Å²) in [6, 6.07) is 11.2. The highest BCUT2D eigenvalue weighted by Crippen LogP contribution is 2.38. The number of nitrogens with zero attached hydrogens (tertiary/aromatic N) is 4. The fourth-order valence-corrected chi connectivity index (χ4v) is 4.58. The number of carboxylic acids is 1. The van der Waals surface area contributed by atoms with E-state index in [0.717, 1.165) is 23.5 Å². The zero-order chi connectivity index (χ0) is 22.0. The average Bonchev–Trinajstić information content (AvgIpc) is 3.43. The van der Waals surface area contributed by atoms with E-state index >= 15 is 0 Å². The third-order valence-corrected chi connectivity index (χ3v) is 6.16. The quantitative estimate of drug-likeness (QED) is 0.740. The molecule has 7 nitrogen and oxygen atoms in total. The molecule has 1 fully saturated rings. The van der Waals surface area contributed by atoms with E-state index in [0.29, 0.717) is 29.5 Å². The second-order valence-corrected chi connectivity index (χ2v) is 8.07. The molecule has 1 saturated carbocycles. The SMILES string of the molecule is CCOc1cc(C2=NN(c3ccc(C#N)c(C)n3)C(C3CCCC3)C2)ccc1C(=O)O. The first-order chi connectivity index (χ1) is 15.0. The van der Waals surface area contributed by atoms with Crippen LogP contribution in [0.5, 0.6) is 5.75 Å². The summed E-state index contributed by atoms with van der Waals surface area (Å²) in [7, 11) is 0. The fourth-order valence-electron chi connectivity index (χ4n) is 4.58. The lowest BCUT2D eigenvalue weighted by atomic mass is 9.92. The number of hydrogen-bond donors (Lipinski definition) is 1. The van der Waals surface area contributed by atoms with Crippen LogP contribution in [-0.4, -0.2) is 34.4 Å². The number of nitriles is 1. The summed E-state index contributed by atoms with van der Waals surface area (Å²) >= 11 is 0.